The van der Waals surface area contributed by atoms with Crippen LogP contribution >= 0.6 is 11.8 Å². The number of amides is 2. The molecule has 0 unspecified atom stereocenters. The fourth-order valence-corrected chi connectivity index (χ4v) is 4.12. The van der Waals surface area contributed by atoms with Crippen LogP contribution in [0.25, 0.3) is 5.69 Å². The Morgan fingerprint density at radius 2 is 1.83 bits per heavy atom. The summed E-state index contributed by atoms with van der Waals surface area (Å²) < 4.78 is 1.86. The fourth-order valence-electron chi connectivity index (χ4n) is 3.35. The molecule has 0 radical (unpaired) electrons. The van der Waals surface area contributed by atoms with E-state index in [1.807, 2.05) is 54.1 Å². The number of imidazole rings is 1. The Labute approximate surface area is 207 Å². The molecule has 1 heterocycles. The Morgan fingerprint density at radius 3 is 2.57 bits per heavy atom. The Balaban J connectivity index is 1.34. The summed E-state index contributed by atoms with van der Waals surface area (Å²) in [5.41, 5.74) is 4.69. The van der Waals surface area contributed by atoms with Crippen LogP contribution in [0.2, 0.25) is 0 Å². The molecule has 0 bridgehead atoms. The minimum atomic E-state index is -0.194. The summed E-state index contributed by atoms with van der Waals surface area (Å²) in [6, 6.07) is 24.1. The lowest BCUT2D eigenvalue weighted by Gasteiger charge is -2.10. The van der Waals surface area contributed by atoms with Crippen LogP contribution in [0.5, 0.6) is 0 Å². The maximum Gasteiger partial charge on any atom is 0.251 e. The Bertz CT molecular complexity index is 1370. The van der Waals surface area contributed by atoms with Gasteiger partial charge in [-0.05, 0) is 55.0 Å². The minimum absolute atomic E-state index is 0.144. The van der Waals surface area contributed by atoms with Crippen LogP contribution < -0.4 is 10.6 Å². The molecule has 0 spiro atoms. The zero-order chi connectivity index (χ0) is 24.6. The summed E-state index contributed by atoms with van der Waals surface area (Å²) in [7, 11) is 0. The first-order chi connectivity index (χ1) is 17.0. The van der Waals surface area contributed by atoms with E-state index in [1.54, 1.807) is 42.6 Å². The number of aryl methyl sites for hydroxylation is 1. The normalized spacial score (nSPS) is 10.4. The lowest BCUT2D eigenvalue weighted by atomic mass is 10.1. The second kappa shape index (κ2) is 11.2. The molecule has 2 N–H and O–H groups in total. The van der Waals surface area contributed by atoms with Crippen molar-refractivity contribution in [3.05, 3.63) is 107 Å². The number of carbonyl (C=O) groups is 2. The van der Waals surface area contributed by atoms with Crippen LogP contribution in [0.4, 0.5) is 5.69 Å². The summed E-state index contributed by atoms with van der Waals surface area (Å²) in [5.74, 6) is -0.178. The van der Waals surface area contributed by atoms with Gasteiger partial charge in [-0.15, -0.1) is 0 Å². The van der Waals surface area contributed by atoms with Gasteiger partial charge in [-0.25, -0.2) is 4.98 Å². The molecular formula is C27H23N5O2S. The van der Waals surface area contributed by atoms with Gasteiger partial charge in [0.15, 0.2) is 5.16 Å². The van der Waals surface area contributed by atoms with Crippen molar-refractivity contribution in [3.8, 4) is 11.8 Å². The summed E-state index contributed by atoms with van der Waals surface area (Å²) in [5, 5.41) is 15.4. The van der Waals surface area contributed by atoms with Crippen molar-refractivity contribution in [1.82, 2.24) is 14.9 Å². The zero-order valence-corrected chi connectivity index (χ0v) is 19.9. The maximum absolute atomic E-state index is 12.5. The monoisotopic (exact) mass is 481 g/mol. The molecule has 2 amide bonds. The number of carbonyl (C=O) groups excluding carboxylic acids is 2. The van der Waals surface area contributed by atoms with Gasteiger partial charge >= 0.3 is 0 Å². The minimum Gasteiger partial charge on any atom is -0.348 e. The standard InChI is InChI=1S/C27H23N5O2S/c1-19-5-7-20(8-6-19)17-30-26(34)22-9-11-24(12-10-22)32-14-13-29-27(32)35-18-25(33)31-23-4-2-3-21(15-23)16-28/h2-15H,17-18H2,1H3,(H,30,34)(H,31,33). The number of thioether (sulfide) groups is 1. The molecule has 4 aromatic rings. The Kier molecular flexibility index (Phi) is 7.60. The van der Waals surface area contributed by atoms with E-state index >= 15 is 0 Å². The highest BCUT2D eigenvalue weighted by Crippen LogP contribution is 2.21. The van der Waals surface area contributed by atoms with E-state index in [0.29, 0.717) is 28.5 Å². The van der Waals surface area contributed by atoms with Crippen LogP contribution in [-0.4, -0.2) is 27.1 Å². The topological polar surface area (TPSA) is 99.8 Å². The number of nitrogens with zero attached hydrogens (tertiary/aromatic N) is 3. The molecule has 0 saturated carbocycles. The van der Waals surface area contributed by atoms with E-state index in [2.05, 4.69) is 21.7 Å². The van der Waals surface area contributed by atoms with E-state index in [-0.39, 0.29) is 17.6 Å². The first-order valence-electron chi connectivity index (χ1n) is 10.9. The van der Waals surface area contributed by atoms with Crippen LogP contribution in [0.15, 0.2) is 90.3 Å². The van der Waals surface area contributed by atoms with E-state index in [4.69, 9.17) is 5.26 Å². The molecule has 4 rings (SSSR count). The number of rotatable bonds is 8. The van der Waals surface area contributed by atoms with E-state index < -0.39 is 0 Å². The molecule has 0 atom stereocenters. The predicted molar refractivity (Wildman–Crippen MR) is 136 cm³/mol. The molecule has 0 aliphatic rings. The lowest BCUT2D eigenvalue weighted by Crippen LogP contribution is -2.22. The van der Waals surface area contributed by atoms with E-state index in [0.717, 1.165) is 11.3 Å². The lowest BCUT2D eigenvalue weighted by molar-refractivity contribution is -0.113. The quantitative estimate of drug-likeness (QED) is 0.355. The highest BCUT2D eigenvalue weighted by atomic mass is 32.2. The average molecular weight is 482 g/mol. The smallest absolute Gasteiger partial charge is 0.251 e. The summed E-state index contributed by atoms with van der Waals surface area (Å²) in [6.45, 7) is 2.49. The average Bonchev–Trinajstić information content (AvgIpc) is 3.36. The number of nitrogens with one attached hydrogen (secondary N) is 2. The van der Waals surface area contributed by atoms with Crippen LogP contribution in [0, 0.1) is 18.3 Å². The van der Waals surface area contributed by atoms with Crippen LogP contribution in [0.3, 0.4) is 0 Å². The van der Waals surface area contributed by atoms with Gasteiger partial charge in [0.1, 0.15) is 0 Å². The second-order valence-corrected chi connectivity index (χ2v) is 8.77. The highest BCUT2D eigenvalue weighted by molar-refractivity contribution is 7.99. The second-order valence-electron chi connectivity index (χ2n) is 7.82. The van der Waals surface area contributed by atoms with Gasteiger partial charge in [0.05, 0.1) is 17.4 Å². The zero-order valence-electron chi connectivity index (χ0n) is 19.1. The van der Waals surface area contributed by atoms with Crippen molar-refractivity contribution in [2.24, 2.45) is 0 Å². The summed E-state index contributed by atoms with van der Waals surface area (Å²) in [6.07, 6.45) is 3.47. The van der Waals surface area contributed by atoms with Gasteiger partial charge in [0, 0.05) is 35.9 Å². The molecular weight excluding hydrogens is 458 g/mol. The van der Waals surface area contributed by atoms with Crippen molar-refractivity contribution in [2.45, 2.75) is 18.6 Å². The molecule has 0 fully saturated rings. The van der Waals surface area contributed by atoms with Gasteiger partial charge in [-0.2, -0.15) is 5.26 Å². The third kappa shape index (κ3) is 6.37. The largest absolute Gasteiger partial charge is 0.348 e. The molecule has 0 saturated heterocycles. The molecule has 8 heteroatoms. The maximum atomic E-state index is 12.5. The van der Waals surface area contributed by atoms with Gasteiger partial charge < -0.3 is 10.6 Å². The molecule has 0 aliphatic carbocycles. The van der Waals surface area contributed by atoms with Crippen LogP contribution in [0.1, 0.15) is 27.0 Å². The number of benzene rings is 3. The number of aromatic nitrogens is 2. The molecule has 0 aliphatic heterocycles. The SMILES string of the molecule is Cc1ccc(CNC(=O)c2ccc(-n3ccnc3SCC(=O)Nc3cccc(C#N)c3)cc2)cc1. The molecule has 174 valence electrons. The van der Waals surface area contributed by atoms with Crippen molar-refractivity contribution >= 4 is 29.3 Å². The fraction of sp³-hybridized carbons (Fsp3) is 0.111. The van der Waals surface area contributed by atoms with Crippen molar-refractivity contribution < 1.29 is 9.59 Å². The number of hydrogen-bond acceptors (Lipinski definition) is 5. The third-order valence-electron chi connectivity index (χ3n) is 5.20. The van der Waals surface area contributed by atoms with Crippen LogP contribution in [-0.2, 0) is 11.3 Å². The summed E-state index contributed by atoms with van der Waals surface area (Å²) >= 11 is 1.30. The van der Waals surface area contributed by atoms with E-state index in [9.17, 15) is 9.59 Å². The van der Waals surface area contributed by atoms with E-state index in [1.165, 1.54) is 17.3 Å². The molecule has 7 nitrogen and oxygen atoms in total. The van der Waals surface area contributed by atoms with Gasteiger partial charge in [0.25, 0.3) is 5.91 Å². The molecule has 35 heavy (non-hydrogen) atoms. The number of anilines is 1. The van der Waals surface area contributed by atoms with Crippen molar-refractivity contribution in [1.29, 1.82) is 5.26 Å². The van der Waals surface area contributed by atoms with Crippen molar-refractivity contribution in [2.75, 3.05) is 11.1 Å². The number of hydrogen-bond donors (Lipinski definition) is 2. The van der Waals surface area contributed by atoms with Gasteiger partial charge in [-0.3, -0.25) is 14.2 Å². The Hall–Kier alpha value is -4.35. The van der Waals surface area contributed by atoms with Crippen molar-refractivity contribution in [3.63, 3.8) is 0 Å². The van der Waals surface area contributed by atoms with Gasteiger partial charge in [0.2, 0.25) is 5.91 Å². The number of nitriles is 1. The Morgan fingerprint density at radius 1 is 1.06 bits per heavy atom. The third-order valence-corrected chi connectivity index (χ3v) is 6.16. The summed E-state index contributed by atoms with van der Waals surface area (Å²) in [4.78, 5) is 29.2. The predicted octanol–water partition coefficient (Wildman–Crippen LogP) is 4.71. The molecule has 3 aromatic carbocycles. The van der Waals surface area contributed by atoms with Gasteiger partial charge in [-0.1, -0.05) is 47.7 Å². The highest BCUT2D eigenvalue weighted by Gasteiger charge is 2.11. The molecule has 1 aromatic heterocycles. The first-order valence-corrected chi connectivity index (χ1v) is 11.9. The first kappa shape index (κ1) is 23.8.